The van der Waals surface area contributed by atoms with Crippen LogP contribution in [-0.2, 0) is 19.0 Å². The average Bonchev–Trinajstić information content (AvgIpc) is 3.36. The normalized spacial score (nSPS) is 17.4. The molecule has 0 aromatic carbocycles. The van der Waals surface area contributed by atoms with Gasteiger partial charge in [-0.3, -0.25) is 9.36 Å². The minimum absolute atomic E-state index is 0.0671. The molecule has 13 heteroatoms. The molecule has 0 saturated carbocycles. The fraction of sp³-hybridized carbons (Fsp3) is 0.640. The molecule has 2 atom stereocenters. The molecule has 0 radical (unpaired) electrons. The van der Waals surface area contributed by atoms with E-state index in [1.165, 1.54) is 6.33 Å². The third-order valence-corrected chi connectivity index (χ3v) is 6.88. The number of thiocarbonyl (C=S) groups is 1. The van der Waals surface area contributed by atoms with E-state index in [0.29, 0.717) is 82.5 Å². The number of fused-ring (bicyclic) bond motifs is 1. The van der Waals surface area contributed by atoms with Crippen molar-refractivity contribution in [3.8, 4) is 6.07 Å². The van der Waals surface area contributed by atoms with Gasteiger partial charge in [0.1, 0.15) is 18.6 Å². The first kappa shape index (κ1) is 29.7. The number of hydrogen-bond acceptors (Lipinski definition) is 10. The molecule has 1 aliphatic rings. The van der Waals surface area contributed by atoms with E-state index in [0.717, 1.165) is 17.6 Å². The van der Waals surface area contributed by atoms with Gasteiger partial charge >= 0.3 is 0 Å². The molecule has 0 spiro atoms. The molecule has 38 heavy (non-hydrogen) atoms. The second-order valence-corrected chi connectivity index (χ2v) is 9.48. The van der Waals surface area contributed by atoms with Crippen molar-refractivity contribution in [1.29, 1.82) is 5.26 Å². The van der Waals surface area contributed by atoms with E-state index >= 15 is 0 Å². The molecule has 1 fully saturated rings. The first-order valence-electron chi connectivity index (χ1n) is 12.9. The van der Waals surface area contributed by atoms with E-state index < -0.39 is 0 Å². The molecule has 1 aliphatic heterocycles. The summed E-state index contributed by atoms with van der Waals surface area (Å²) in [6.07, 6.45) is 4.18. The van der Waals surface area contributed by atoms with Crippen molar-refractivity contribution >= 4 is 40.1 Å². The van der Waals surface area contributed by atoms with Crippen molar-refractivity contribution in [3.05, 3.63) is 18.6 Å². The number of piperidine rings is 1. The number of likely N-dealkylation sites (N-methyl/N-ethyl adjacent to an activating group) is 1. The molecular formula is C25H38N8O4S. The molecule has 3 N–H and O–H groups in total. The molecule has 2 aromatic rings. The number of likely N-dealkylation sites (tertiary alicyclic amines) is 1. The molecular weight excluding hydrogens is 508 g/mol. The predicted octanol–water partition coefficient (Wildman–Crippen LogP) is 0.749. The highest BCUT2D eigenvalue weighted by Crippen LogP contribution is 2.29. The summed E-state index contributed by atoms with van der Waals surface area (Å²) in [6.45, 7) is 7.50. The van der Waals surface area contributed by atoms with Crippen LogP contribution >= 0.6 is 12.2 Å². The van der Waals surface area contributed by atoms with Crippen molar-refractivity contribution in [2.75, 3.05) is 77.8 Å². The lowest BCUT2D eigenvalue weighted by Crippen LogP contribution is -2.52. The summed E-state index contributed by atoms with van der Waals surface area (Å²) < 4.78 is 18.1. The van der Waals surface area contributed by atoms with Crippen LogP contribution in [0.4, 0.5) is 5.82 Å². The minimum Gasteiger partial charge on any atom is -0.378 e. The Hall–Kier alpha value is -2.89. The van der Waals surface area contributed by atoms with Crippen LogP contribution in [0.25, 0.3) is 11.0 Å². The smallest absolute Gasteiger partial charge is 0.236 e. The largest absolute Gasteiger partial charge is 0.378 e. The number of nitrogens with two attached hydrogens (primary N) is 1. The average molecular weight is 547 g/mol. The van der Waals surface area contributed by atoms with Crippen LogP contribution in [0.2, 0.25) is 0 Å². The highest BCUT2D eigenvalue weighted by molar-refractivity contribution is 7.80. The number of carbonyl (C=O) groups excluding carboxylic acids is 1. The Kier molecular flexibility index (Phi) is 12.1. The van der Waals surface area contributed by atoms with Gasteiger partial charge in [0, 0.05) is 39.4 Å². The van der Waals surface area contributed by atoms with Crippen molar-refractivity contribution < 1.29 is 19.0 Å². The standard InChI is InChI=1S/C25H38N8O4S/c1-19-4-9-32(22(34)3-6-26)17-21(19)31(2)23-20-5-10-33(24(20)30-18-29-23)25(38)28-8-12-36-14-16-37-15-13-35-11-7-27/h5,10,18-19,21H,3-4,7-9,11-17,27H2,1-2H3,(H,28,38)/t19-,21+/m1/s1. The quantitative estimate of drug-likeness (QED) is 0.256. The number of rotatable bonds is 14. The second-order valence-electron chi connectivity index (χ2n) is 9.10. The summed E-state index contributed by atoms with van der Waals surface area (Å²) in [7, 11) is 1.99. The van der Waals surface area contributed by atoms with Gasteiger partial charge in [-0.05, 0) is 30.6 Å². The third kappa shape index (κ3) is 8.05. The van der Waals surface area contributed by atoms with E-state index in [2.05, 4.69) is 27.1 Å². The lowest BCUT2D eigenvalue weighted by molar-refractivity contribution is -0.131. The van der Waals surface area contributed by atoms with Crippen LogP contribution in [-0.4, -0.2) is 109 Å². The lowest BCUT2D eigenvalue weighted by atomic mass is 9.92. The van der Waals surface area contributed by atoms with Crippen molar-refractivity contribution in [2.24, 2.45) is 11.7 Å². The SMILES string of the molecule is C[C@@H]1CCN(C(=O)CC#N)C[C@@H]1N(C)c1ncnc2c1ccn2C(=S)NCCOCCOCCOCCN. The number of ether oxygens (including phenoxy) is 3. The van der Waals surface area contributed by atoms with Gasteiger partial charge in [-0.25, -0.2) is 9.97 Å². The van der Waals surface area contributed by atoms with E-state index in [1.54, 1.807) is 4.90 Å². The summed E-state index contributed by atoms with van der Waals surface area (Å²) in [4.78, 5) is 25.3. The third-order valence-electron chi connectivity index (χ3n) is 6.54. The number of nitrogens with zero attached hydrogens (tertiary/aromatic N) is 6. The van der Waals surface area contributed by atoms with Gasteiger partial charge in [0.2, 0.25) is 5.91 Å². The molecule has 3 rings (SSSR count). The molecule has 1 saturated heterocycles. The fourth-order valence-corrected chi connectivity index (χ4v) is 4.69. The number of hydrogen-bond donors (Lipinski definition) is 2. The van der Waals surface area contributed by atoms with Crippen molar-refractivity contribution in [1.82, 2.24) is 24.8 Å². The van der Waals surface area contributed by atoms with E-state index in [1.807, 2.05) is 29.9 Å². The van der Waals surface area contributed by atoms with E-state index in [-0.39, 0.29) is 18.4 Å². The van der Waals surface area contributed by atoms with Gasteiger partial charge in [0.25, 0.3) is 0 Å². The summed E-state index contributed by atoms with van der Waals surface area (Å²) in [6, 6.07) is 3.98. The first-order chi connectivity index (χ1) is 18.5. The van der Waals surface area contributed by atoms with E-state index in [9.17, 15) is 4.79 Å². The van der Waals surface area contributed by atoms with E-state index in [4.69, 9.17) is 37.4 Å². The van der Waals surface area contributed by atoms with Crippen molar-refractivity contribution in [2.45, 2.75) is 25.8 Å². The molecule has 1 amide bonds. The van der Waals surface area contributed by atoms with Crippen LogP contribution < -0.4 is 16.0 Å². The first-order valence-corrected chi connectivity index (χ1v) is 13.3. The number of amides is 1. The minimum atomic E-state index is -0.127. The fourth-order valence-electron chi connectivity index (χ4n) is 4.44. The predicted molar refractivity (Wildman–Crippen MR) is 148 cm³/mol. The number of aromatic nitrogens is 3. The maximum atomic E-state index is 12.3. The molecule has 0 aliphatic carbocycles. The van der Waals surface area contributed by atoms with Gasteiger partial charge in [0.05, 0.1) is 57.1 Å². The van der Waals surface area contributed by atoms with Gasteiger partial charge in [-0.2, -0.15) is 5.26 Å². The lowest BCUT2D eigenvalue weighted by Gasteiger charge is -2.42. The van der Waals surface area contributed by atoms with Crippen LogP contribution in [0.1, 0.15) is 19.8 Å². The van der Waals surface area contributed by atoms with Gasteiger partial charge in [0.15, 0.2) is 10.8 Å². The highest BCUT2D eigenvalue weighted by Gasteiger charge is 2.32. The Morgan fingerprint density at radius 3 is 2.66 bits per heavy atom. The topological polar surface area (TPSA) is 144 Å². The Morgan fingerprint density at radius 2 is 1.95 bits per heavy atom. The Bertz CT molecular complexity index is 1090. The number of anilines is 1. The van der Waals surface area contributed by atoms with Gasteiger partial charge in [-0.15, -0.1) is 0 Å². The summed E-state index contributed by atoms with van der Waals surface area (Å²) in [5.74, 6) is 1.01. The molecule has 2 aromatic heterocycles. The Labute approximate surface area is 229 Å². The van der Waals surface area contributed by atoms with Crippen LogP contribution in [0.5, 0.6) is 0 Å². The molecule has 208 valence electrons. The number of carbonyl (C=O) groups is 1. The molecule has 0 unspecified atom stereocenters. The molecule has 0 bridgehead atoms. The molecule has 3 heterocycles. The zero-order chi connectivity index (χ0) is 27.3. The maximum absolute atomic E-state index is 12.3. The van der Waals surface area contributed by atoms with Crippen molar-refractivity contribution in [3.63, 3.8) is 0 Å². The molecule has 12 nitrogen and oxygen atoms in total. The van der Waals surface area contributed by atoms with Gasteiger partial charge in [-0.1, -0.05) is 6.92 Å². The Balaban J connectivity index is 1.52. The monoisotopic (exact) mass is 546 g/mol. The van der Waals surface area contributed by atoms with Gasteiger partial charge < -0.3 is 35.1 Å². The summed E-state index contributed by atoms with van der Waals surface area (Å²) in [5.41, 5.74) is 6.06. The second kappa shape index (κ2) is 15.5. The van der Waals surface area contributed by atoms with Crippen LogP contribution in [0.3, 0.4) is 0 Å². The zero-order valence-corrected chi connectivity index (χ0v) is 23.0. The maximum Gasteiger partial charge on any atom is 0.236 e. The van der Waals surface area contributed by atoms with Crippen LogP contribution in [0.15, 0.2) is 18.6 Å². The summed E-state index contributed by atoms with van der Waals surface area (Å²) >= 11 is 5.60. The highest BCUT2D eigenvalue weighted by atomic mass is 32.1. The Morgan fingerprint density at radius 1 is 1.24 bits per heavy atom. The van der Waals surface area contributed by atoms with Crippen LogP contribution in [0, 0.1) is 17.2 Å². The zero-order valence-electron chi connectivity index (χ0n) is 22.2. The number of nitriles is 1. The summed E-state index contributed by atoms with van der Waals surface area (Å²) in [5, 5.41) is 13.5. The number of nitrogens with one attached hydrogen (secondary N) is 1.